The van der Waals surface area contributed by atoms with Crippen LogP contribution in [0, 0.1) is 11.3 Å². The first-order valence-corrected chi connectivity index (χ1v) is 7.60. The van der Waals surface area contributed by atoms with Gasteiger partial charge in [-0.1, -0.05) is 26.2 Å². The predicted molar refractivity (Wildman–Crippen MR) is 74.3 cm³/mol. The lowest BCUT2D eigenvalue weighted by atomic mass is 9.92. The summed E-state index contributed by atoms with van der Waals surface area (Å²) < 4.78 is 0. The Morgan fingerprint density at radius 2 is 1.89 bits per heavy atom. The minimum Gasteiger partial charge on any atom is -0.298 e. The average Bonchev–Trinajstić information content (AvgIpc) is 3.21. The lowest BCUT2D eigenvalue weighted by Crippen LogP contribution is -2.53. The Labute approximate surface area is 112 Å². The van der Waals surface area contributed by atoms with Crippen LogP contribution in [0.3, 0.4) is 0 Å². The Morgan fingerprint density at radius 1 is 1.22 bits per heavy atom. The van der Waals surface area contributed by atoms with Gasteiger partial charge < -0.3 is 0 Å². The molecule has 1 N–H and O–H groups in total. The summed E-state index contributed by atoms with van der Waals surface area (Å²) >= 11 is 0. The second kappa shape index (κ2) is 6.04. The molecule has 0 aromatic heterocycles. The van der Waals surface area contributed by atoms with E-state index in [0.29, 0.717) is 12.1 Å². The maximum absolute atomic E-state index is 9.47. The maximum Gasteiger partial charge on any atom is 0.116 e. The van der Waals surface area contributed by atoms with Crippen LogP contribution in [0.1, 0.15) is 58.8 Å². The molecule has 0 aliphatic heterocycles. The summed E-state index contributed by atoms with van der Waals surface area (Å²) in [6.07, 6.45) is 9.24. The third-order valence-corrected chi connectivity index (χ3v) is 4.36. The van der Waals surface area contributed by atoms with Gasteiger partial charge in [0.15, 0.2) is 0 Å². The third kappa shape index (κ3) is 3.70. The van der Waals surface area contributed by atoms with Crippen molar-refractivity contribution in [1.29, 1.82) is 5.26 Å². The van der Waals surface area contributed by atoms with Gasteiger partial charge in [0, 0.05) is 18.6 Å². The molecule has 1 atom stereocenters. The first kappa shape index (κ1) is 13.8. The highest BCUT2D eigenvalue weighted by Crippen LogP contribution is 2.26. The number of nitriles is 1. The molecule has 2 aliphatic carbocycles. The van der Waals surface area contributed by atoms with Crippen LogP contribution in [-0.2, 0) is 0 Å². The van der Waals surface area contributed by atoms with E-state index < -0.39 is 0 Å². The molecule has 0 spiro atoms. The third-order valence-electron chi connectivity index (χ3n) is 4.36. The summed E-state index contributed by atoms with van der Waals surface area (Å²) in [6, 6.07) is 3.80. The standard InChI is InChI=1S/C15H27N3/c1-3-18(14-7-5-4-6-8-14)12-15(2,11-16)17-13-9-10-13/h13-14,17H,3-10,12H2,1-2H3. The van der Waals surface area contributed by atoms with Crippen LogP contribution < -0.4 is 5.32 Å². The van der Waals surface area contributed by atoms with Gasteiger partial charge in [-0.2, -0.15) is 5.26 Å². The fourth-order valence-electron chi connectivity index (χ4n) is 3.14. The average molecular weight is 249 g/mol. The molecule has 2 aliphatic rings. The van der Waals surface area contributed by atoms with Gasteiger partial charge in [-0.15, -0.1) is 0 Å². The van der Waals surface area contributed by atoms with Gasteiger partial charge in [0.2, 0.25) is 0 Å². The van der Waals surface area contributed by atoms with E-state index in [1.165, 1.54) is 44.9 Å². The first-order chi connectivity index (χ1) is 8.67. The molecule has 2 fully saturated rings. The Hall–Kier alpha value is -0.590. The van der Waals surface area contributed by atoms with Crippen molar-refractivity contribution in [1.82, 2.24) is 10.2 Å². The van der Waals surface area contributed by atoms with E-state index >= 15 is 0 Å². The maximum atomic E-state index is 9.47. The summed E-state index contributed by atoms with van der Waals surface area (Å²) in [5, 5.41) is 13.0. The highest BCUT2D eigenvalue weighted by Gasteiger charge is 2.35. The van der Waals surface area contributed by atoms with E-state index in [0.717, 1.165) is 13.1 Å². The summed E-state index contributed by atoms with van der Waals surface area (Å²) in [6.45, 7) is 6.23. The van der Waals surface area contributed by atoms with Crippen LogP contribution in [0.5, 0.6) is 0 Å². The fourth-order valence-corrected chi connectivity index (χ4v) is 3.14. The van der Waals surface area contributed by atoms with Gasteiger partial charge >= 0.3 is 0 Å². The van der Waals surface area contributed by atoms with E-state index in [9.17, 15) is 5.26 Å². The number of likely N-dealkylation sites (N-methyl/N-ethyl adjacent to an activating group) is 1. The number of rotatable bonds is 6. The lowest BCUT2D eigenvalue weighted by Gasteiger charge is -2.38. The van der Waals surface area contributed by atoms with Crippen LogP contribution in [0.2, 0.25) is 0 Å². The molecule has 0 saturated heterocycles. The molecule has 0 aromatic carbocycles. The molecular weight excluding hydrogens is 222 g/mol. The Bertz CT molecular complexity index is 299. The fraction of sp³-hybridized carbons (Fsp3) is 0.933. The van der Waals surface area contributed by atoms with Crippen molar-refractivity contribution in [3.8, 4) is 6.07 Å². The number of nitrogens with zero attached hydrogens (tertiary/aromatic N) is 2. The van der Waals surface area contributed by atoms with Crippen LogP contribution in [0.25, 0.3) is 0 Å². The normalized spacial score (nSPS) is 24.8. The zero-order valence-corrected chi connectivity index (χ0v) is 11.9. The minimum atomic E-state index is -0.366. The molecule has 0 radical (unpaired) electrons. The van der Waals surface area contributed by atoms with Gasteiger partial charge in [0.25, 0.3) is 0 Å². The quantitative estimate of drug-likeness (QED) is 0.786. The molecule has 0 bridgehead atoms. The monoisotopic (exact) mass is 249 g/mol. The van der Waals surface area contributed by atoms with Gasteiger partial charge in [-0.25, -0.2) is 0 Å². The summed E-state index contributed by atoms with van der Waals surface area (Å²) in [4.78, 5) is 2.53. The molecule has 0 amide bonds. The largest absolute Gasteiger partial charge is 0.298 e. The van der Waals surface area contributed by atoms with Crippen LogP contribution in [0.4, 0.5) is 0 Å². The van der Waals surface area contributed by atoms with E-state index in [1.807, 2.05) is 0 Å². The Balaban J connectivity index is 1.92. The van der Waals surface area contributed by atoms with Crippen LogP contribution >= 0.6 is 0 Å². The predicted octanol–water partition coefficient (Wildman–Crippen LogP) is 2.68. The topological polar surface area (TPSA) is 39.1 Å². The van der Waals surface area contributed by atoms with Crippen LogP contribution in [-0.4, -0.2) is 35.6 Å². The van der Waals surface area contributed by atoms with Crippen molar-refractivity contribution < 1.29 is 0 Å². The van der Waals surface area contributed by atoms with Crippen molar-refractivity contribution in [2.45, 2.75) is 76.4 Å². The van der Waals surface area contributed by atoms with Gasteiger partial charge in [-0.3, -0.25) is 10.2 Å². The van der Waals surface area contributed by atoms with Gasteiger partial charge in [0.1, 0.15) is 5.54 Å². The molecule has 3 heteroatoms. The zero-order chi connectivity index (χ0) is 13.0. The molecule has 1 unspecified atom stereocenters. The zero-order valence-electron chi connectivity index (χ0n) is 11.9. The summed E-state index contributed by atoms with van der Waals surface area (Å²) in [5.74, 6) is 0. The molecule has 102 valence electrons. The van der Waals surface area contributed by atoms with Gasteiger partial charge in [-0.05, 0) is 39.2 Å². The second-order valence-corrected chi connectivity index (χ2v) is 6.22. The number of hydrogen-bond acceptors (Lipinski definition) is 3. The van der Waals surface area contributed by atoms with E-state index in [1.54, 1.807) is 0 Å². The smallest absolute Gasteiger partial charge is 0.116 e. The Morgan fingerprint density at radius 3 is 2.39 bits per heavy atom. The van der Waals surface area contributed by atoms with Crippen molar-refractivity contribution in [2.24, 2.45) is 0 Å². The lowest BCUT2D eigenvalue weighted by molar-refractivity contribution is 0.135. The number of nitrogens with one attached hydrogen (secondary N) is 1. The number of hydrogen-bond donors (Lipinski definition) is 1. The van der Waals surface area contributed by atoms with E-state index in [2.05, 4.69) is 30.1 Å². The van der Waals surface area contributed by atoms with Crippen molar-refractivity contribution in [3.63, 3.8) is 0 Å². The van der Waals surface area contributed by atoms with Crippen molar-refractivity contribution in [3.05, 3.63) is 0 Å². The SMILES string of the molecule is CCN(CC(C)(C#N)NC1CC1)C1CCCCC1. The van der Waals surface area contributed by atoms with E-state index in [4.69, 9.17) is 0 Å². The van der Waals surface area contributed by atoms with Crippen molar-refractivity contribution in [2.75, 3.05) is 13.1 Å². The van der Waals surface area contributed by atoms with Gasteiger partial charge in [0.05, 0.1) is 6.07 Å². The highest BCUT2D eigenvalue weighted by atomic mass is 15.2. The molecule has 0 heterocycles. The minimum absolute atomic E-state index is 0.366. The van der Waals surface area contributed by atoms with E-state index in [-0.39, 0.29) is 5.54 Å². The molecule has 18 heavy (non-hydrogen) atoms. The molecular formula is C15H27N3. The molecule has 2 saturated carbocycles. The molecule has 2 rings (SSSR count). The highest BCUT2D eigenvalue weighted by molar-refractivity contribution is 5.09. The van der Waals surface area contributed by atoms with Crippen LogP contribution in [0.15, 0.2) is 0 Å². The summed E-state index contributed by atoms with van der Waals surface area (Å²) in [5.41, 5.74) is -0.366. The molecule has 3 nitrogen and oxygen atoms in total. The second-order valence-electron chi connectivity index (χ2n) is 6.22. The molecule has 0 aromatic rings. The Kier molecular flexibility index (Phi) is 4.64. The first-order valence-electron chi connectivity index (χ1n) is 7.60. The summed E-state index contributed by atoms with van der Waals surface area (Å²) in [7, 11) is 0. The van der Waals surface area contributed by atoms with Crippen molar-refractivity contribution >= 4 is 0 Å².